The number of amides is 1. The van der Waals surface area contributed by atoms with Gasteiger partial charge < -0.3 is 16.2 Å². The van der Waals surface area contributed by atoms with Crippen molar-refractivity contribution in [3.05, 3.63) is 54.1 Å². The third kappa shape index (κ3) is 2.49. The van der Waals surface area contributed by atoms with Crippen LogP contribution in [0.1, 0.15) is 5.56 Å². The molecule has 0 saturated carbocycles. The van der Waals surface area contributed by atoms with Gasteiger partial charge in [0.2, 0.25) is 0 Å². The molecule has 0 heterocycles. The maximum Gasteiger partial charge on any atom is 0.409 e. The molecule has 2 aromatic rings. The lowest BCUT2D eigenvalue weighted by Gasteiger charge is -2.12. The van der Waals surface area contributed by atoms with Crippen LogP contribution in [0.15, 0.2) is 48.5 Å². The zero-order valence-electron chi connectivity index (χ0n) is 9.80. The molecule has 92 valence electrons. The molecule has 18 heavy (non-hydrogen) atoms. The van der Waals surface area contributed by atoms with Crippen molar-refractivity contribution in [2.24, 2.45) is 11.5 Å². The predicted octanol–water partition coefficient (Wildman–Crippen LogP) is 2.27. The lowest BCUT2D eigenvalue weighted by molar-refractivity contribution is 0.210. The Morgan fingerprint density at radius 2 is 1.78 bits per heavy atom. The Labute approximate surface area is 105 Å². The molecule has 0 aliphatic rings. The maximum atomic E-state index is 11.0. The highest BCUT2D eigenvalue weighted by atomic mass is 16.5. The Balaban J connectivity index is 2.56. The molecular formula is C14H14N2O2. The first kappa shape index (κ1) is 12.1. The smallest absolute Gasteiger partial charge is 0.409 e. The number of primary amides is 1. The van der Waals surface area contributed by atoms with Crippen molar-refractivity contribution < 1.29 is 9.53 Å². The summed E-state index contributed by atoms with van der Waals surface area (Å²) in [5.74, 6) is 0.429. The first-order valence-corrected chi connectivity index (χ1v) is 5.57. The fraction of sp³-hybridized carbons (Fsp3) is 0.0714. The van der Waals surface area contributed by atoms with Crippen molar-refractivity contribution in [3.8, 4) is 16.9 Å². The number of hydrogen-bond donors (Lipinski definition) is 2. The van der Waals surface area contributed by atoms with E-state index in [1.54, 1.807) is 0 Å². The topological polar surface area (TPSA) is 78.3 Å². The molecular weight excluding hydrogens is 228 g/mol. The summed E-state index contributed by atoms with van der Waals surface area (Å²) >= 11 is 0. The van der Waals surface area contributed by atoms with Crippen molar-refractivity contribution in [2.75, 3.05) is 0 Å². The zero-order chi connectivity index (χ0) is 13.0. The maximum absolute atomic E-state index is 11.0. The second-order valence-electron chi connectivity index (χ2n) is 3.79. The average molecular weight is 242 g/mol. The molecule has 0 atom stereocenters. The third-order valence-corrected chi connectivity index (χ3v) is 2.60. The Morgan fingerprint density at radius 1 is 1.06 bits per heavy atom. The Bertz CT molecular complexity index is 553. The molecule has 0 aliphatic heterocycles. The van der Waals surface area contributed by atoms with Gasteiger partial charge in [0.1, 0.15) is 5.75 Å². The summed E-state index contributed by atoms with van der Waals surface area (Å²) in [6.45, 7) is 0.281. The quantitative estimate of drug-likeness (QED) is 0.866. The summed E-state index contributed by atoms with van der Waals surface area (Å²) in [5, 5.41) is 0. The second-order valence-corrected chi connectivity index (χ2v) is 3.79. The Morgan fingerprint density at radius 3 is 2.39 bits per heavy atom. The number of benzene rings is 2. The summed E-state index contributed by atoms with van der Waals surface area (Å²) in [5.41, 5.74) is 13.2. The van der Waals surface area contributed by atoms with Gasteiger partial charge in [0.05, 0.1) is 0 Å². The van der Waals surface area contributed by atoms with Crippen LogP contribution >= 0.6 is 0 Å². The molecule has 4 N–H and O–H groups in total. The minimum Gasteiger partial charge on any atom is -0.409 e. The minimum absolute atomic E-state index is 0.281. The lowest BCUT2D eigenvalue weighted by Crippen LogP contribution is -2.18. The molecule has 0 bridgehead atoms. The van der Waals surface area contributed by atoms with Gasteiger partial charge in [-0.25, -0.2) is 4.79 Å². The number of rotatable bonds is 3. The van der Waals surface area contributed by atoms with Gasteiger partial charge in [-0.2, -0.15) is 0 Å². The van der Waals surface area contributed by atoms with E-state index in [9.17, 15) is 4.79 Å². The predicted molar refractivity (Wildman–Crippen MR) is 70.0 cm³/mol. The highest BCUT2D eigenvalue weighted by Crippen LogP contribution is 2.33. The second kappa shape index (κ2) is 5.33. The van der Waals surface area contributed by atoms with Gasteiger partial charge in [-0.05, 0) is 5.56 Å². The van der Waals surface area contributed by atoms with Crippen molar-refractivity contribution in [3.63, 3.8) is 0 Å². The highest BCUT2D eigenvalue weighted by molar-refractivity contribution is 5.77. The van der Waals surface area contributed by atoms with Gasteiger partial charge in [-0.15, -0.1) is 0 Å². The number of para-hydroxylation sites is 1. The standard InChI is InChI=1S/C14H14N2O2/c15-9-11-7-4-8-12(13(11)18-14(16)17)10-5-2-1-3-6-10/h1-8H,9,15H2,(H2,16,17). The van der Waals surface area contributed by atoms with Gasteiger partial charge in [0, 0.05) is 17.7 Å². The Hall–Kier alpha value is -2.33. The van der Waals surface area contributed by atoms with Gasteiger partial charge in [-0.1, -0.05) is 48.5 Å². The number of nitrogens with two attached hydrogens (primary N) is 2. The first-order valence-electron chi connectivity index (χ1n) is 5.57. The largest absolute Gasteiger partial charge is 0.409 e. The van der Waals surface area contributed by atoms with Crippen LogP contribution < -0.4 is 16.2 Å². The van der Waals surface area contributed by atoms with E-state index in [0.717, 1.165) is 16.7 Å². The lowest BCUT2D eigenvalue weighted by atomic mass is 10.0. The van der Waals surface area contributed by atoms with Gasteiger partial charge in [0.25, 0.3) is 0 Å². The summed E-state index contributed by atoms with van der Waals surface area (Å²) in [6, 6.07) is 15.2. The molecule has 0 aliphatic carbocycles. The molecule has 4 heteroatoms. The summed E-state index contributed by atoms with van der Waals surface area (Å²) in [6.07, 6.45) is -0.840. The fourth-order valence-electron chi connectivity index (χ4n) is 1.81. The van der Waals surface area contributed by atoms with E-state index >= 15 is 0 Å². The van der Waals surface area contributed by atoms with E-state index < -0.39 is 6.09 Å². The first-order chi connectivity index (χ1) is 8.72. The average Bonchev–Trinajstić information content (AvgIpc) is 2.39. The van der Waals surface area contributed by atoms with Crippen LogP contribution in [0, 0.1) is 0 Å². The van der Waals surface area contributed by atoms with E-state index in [1.807, 2.05) is 48.5 Å². The van der Waals surface area contributed by atoms with E-state index in [4.69, 9.17) is 16.2 Å². The van der Waals surface area contributed by atoms with Crippen molar-refractivity contribution in [2.45, 2.75) is 6.54 Å². The zero-order valence-corrected chi connectivity index (χ0v) is 9.80. The molecule has 0 radical (unpaired) electrons. The molecule has 0 unspecified atom stereocenters. The molecule has 0 aromatic heterocycles. The van der Waals surface area contributed by atoms with Crippen LogP contribution in [-0.2, 0) is 6.54 Å². The summed E-state index contributed by atoms with van der Waals surface area (Å²) in [4.78, 5) is 11.0. The third-order valence-electron chi connectivity index (χ3n) is 2.60. The molecule has 1 amide bonds. The monoisotopic (exact) mass is 242 g/mol. The summed E-state index contributed by atoms with van der Waals surface area (Å²) in [7, 11) is 0. The molecule has 0 saturated heterocycles. The van der Waals surface area contributed by atoms with E-state index in [0.29, 0.717) is 5.75 Å². The van der Waals surface area contributed by atoms with Gasteiger partial charge >= 0.3 is 6.09 Å². The van der Waals surface area contributed by atoms with E-state index in [-0.39, 0.29) is 6.54 Å². The van der Waals surface area contributed by atoms with E-state index in [1.165, 1.54) is 0 Å². The van der Waals surface area contributed by atoms with Crippen molar-refractivity contribution in [1.82, 2.24) is 0 Å². The number of hydrogen-bond acceptors (Lipinski definition) is 3. The SMILES string of the molecule is NCc1cccc(-c2ccccc2)c1OC(N)=O. The molecule has 2 rings (SSSR count). The van der Waals surface area contributed by atoms with Crippen LogP contribution in [0.5, 0.6) is 5.75 Å². The van der Waals surface area contributed by atoms with Crippen LogP contribution in [-0.4, -0.2) is 6.09 Å². The normalized spacial score (nSPS) is 10.1. The Kier molecular flexibility index (Phi) is 3.60. The number of carbonyl (C=O) groups excluding carboxylic acids is 1. The highest BCUT2D eigenvalue weighted by Gasteiger charge is 2.12. The number of carbonyl (C=O) groups is 1. The van der Waals surface area contributed by atoms with Gasteiger partial charge in [0.15, 0.2) is 0 Å². The van der Waals surface area contributed by atoms with E-state index in [2.05, 4.69) is 0 Å². The summed E-state index contributed by atoms with van der Waals surface area (Å²) < 4.78 is 5.08. The molecule has 0 fully saturated rings. The number of ether oxygens (including phenoxy) is 1. The molecule has 4 nitrogen and oxygen atoms in total. The van der Waals surface area contributed by atoms with Crippen LogP contribution in [0.25, 0.3) is 11.1 Å². The van der Waals surface area contributed by atoms with Crippen molar-refractivity contribution in [1.29, 1.82) is 0 Å². The van der Waals surface area contributed by atoms with Crippen LogP contribution in [0.3, 0.4) is 0 Å². The van der Waals surface area contributed by atoms with Crippen LogP contribution in [0.4, 0.5) is 4.79 Å². The minimum atomic E-state index is -0.840. The van der Waals surface area contributed by atoms with Gasteiger partial charge in [-0.3, -0.25) is 0 Å². The molecule has 2 aromatic carbocycles. The molecule has 0 spiro atoms. The fourth-order valence-corrected chi connectivity index (χ4v) is 1.81. The van der Waals surface area contributed by atoms with Crippen molar-refractivity contribution >= 4 is 6.09 Å². The van der Waals surface area contributed by atoms with Crippen LogP contribution in [0.2, 0.25) is 0 Å².